The molecule has 0 unspecified atom stereocenters. The van der Waals surface area contributed by atoms with Crippen molar-refractivity contribution in [3.8, 4) is 0 Å². The van der Waals surface area contributed by atoms with Gasteiger partial charge in [-0.15, -0.1) is 11.3 Å². The third kappa shape index (κ3) is 3.13. The number of halogens is 2. The van der Waals surface area contributed by atoms with Gasteiger partial charge < -0.3 is 0 Å². The standard InChI is InChI=1S/C11H10BrFN2O2S2/c1-6-3-9(13)8(12)4-10(6)15-19(16,17)11-5-14-7(2)18-11/h3-5,15H,1-2H3. The highest BCUT2D eigenvalue weighted by molar-refractivity contribution is 9.10. The normalized spacial score (nSPS) is 11.6. The monoisotopic (exact) mass is 364 g/mol. The maximum absolute atomic E-state index is 13.3. The fourth-order valence-electron chi connectivity index (χ4n) is 1.42. The Morgan fingerprint density at radius 3 is 2.63 bits per heavy atom. The van der Waals surface area contributed by atoms with Crippen LogP contribution in [0.25, 0.3) is 0 Å². The van der Waals surface area contributed by atoms with Crippen LogP contribution in [0.2, 0.25) is 0 Å². The number of benzene rings is 1. The number of sulfonamides is 1. The zero-order chi connectivity index (χ0) is 14.2. The zero-order valence-corrected chi connectivity index (χ0v) is 13.3. The Balaban J connectivity index is 2.38. The molecule has 0 aliphatic rings. The summed E-state index contributed by atoms with van der Waals surface area (Å²) in [6.07, 6.45) is 1.30. The summed E-state index contributed by atoms with van der Waals surface area (Å²) in [5.74, 6) is -0.436. The van der Waals surface area contributed by atoms with Gasteiger partial charge in [-0.2, -0.15) is 0 Å². The van der Waals surface area contributed by atoms with E-state index in [9.17, 15) is 12.8 Å². The van der Waals surface area contributed by atoms with Gasteiger partial charge in [0.1, 0.15) is 5.82 Å². The van der Waals surface area contributed by atoms with Crippen LogP contribution in [0.3, 0.4) is 0 Å². The van der Waals surface area contributed by atoms with Crippen LogP contribution in [0.4, 0.5) is 10.1 Å². The van der Waals surface area contributed by atoms with Gasteiger partial charge in [0.05, 0.1) is 21.4 Å². The molecule has 4 nitrogen and oxygen atoms in total. The van der Waals surface area contributed by atoms with Crippen molar-refractivity contribution in [2.45, 2.75) is 18.1 Å². The van der Waals surface area contributed by atoms with Crippen LogP contribution in [0.1, 0.15) is 10.6 Å². The van der Waals surface area contributed by atoms with E-state index < -0.39 is 15.8 Å². The molecule has 0 radical (unpaired) electrons. The molecule has 19 heavy (non-hydrogen) atoms. The summed E-state index contributed by atoms with van der Waals surface area (Å²) in [5.41, 5.74) is 0.838. The third-order valence-electron chi connectivity index (χ3n) is 2.38. The zero-order valence-electron chi connectivity index (χ0n) is 10.1. The molecule has 0 aliphatic heterocycles. The minimum absolute atomic E-state index is 0.129. The Hall–Kier alpha value is -0.990. The molecule has 0 aliphatic carbocycles. The minimum atomic E-state index is -3.68. The van der Waals surface area contributed by atoms with Gasteiger partial charge in [-0.3, -0.25) is 4.72 Å². The molecule has 0 amide bonds. The maximum atomic E-state index is 13.3. The van der Waals surface area contributed by atoms with E-state index in [2.05, 4.69) is 25.6 Å². The SMILES string of the molecule is Cc1ncc(S(=O)(=O)Nc2cc(Br)c(F)cc2C)s1. The first kappa shape index (κ1) is 14.4. The van der Waals surface area contributed by atoms with Crippen LogP contribution in [0.5, 0.6) is 0 Å². The number of anilines is 1. The topological polar surface area (TPSA) is 59.1 Å². The van der Waals surface area contributed by atoms with Crippen molar-refractivity contribution in [1.82, 2.24) is 4.98 Å². The number of rotatable bonds is 3. The Kier molecular flexibility index (Phi) is 3.93. The van der Waals surface area contributed by atoms with E-state index in [1.807, 2.05) is 0 Å². The highest BCUT2D eigenvalue weighted by atomic mass is 79.9. The van der Waals surface area contributed by atoms with Crippen LogP contribution in [0, 0.1) is 19.7 Å². The Labute approximate surface area is 122 Å². The second-order valence-electron chi connectivity index (χ2n) is 3.89. The summed E-state index contributed by atoms with van der Waals surface area (Å²) in [6, 6.07) is 2.66. The van der Waals surface area contributed by atoms with E-state index in [4.69, 9.17) is 0 Å². The number of aryl methyl sites for hydroxylation is 2. The van der Waals surface area contributed by atoms with E-state index in [1.54, 1.807) is 13.8 Å². The van der Waals surface area contributed by atoms with Crippen molar-refractivity contribution in [3.05, 3.63) is 39.2 Å². The second-order valence-corrected chi connectivity index (χ2v) is 7.88. The Morgan fingerprint density at radius 1 is 1.37 bits per heavy atom. The van der Waals surface area contributed by atoms with E-state index in [0.717, 1.165) is 11.3 Å². The van der Waals surface area contributed by atoms with E-state index in [1.165, 1.54) is 18.3 Å². The number of hydrogen-bond acceptors (Lipinski definition) is 4. The molecule has 1 aromatic carbocycles. The van der Waals surface area contributed by atoms with Gasteiger partial charge in [0, 0.05) is 0 Å². The summed E-state index contributed by atoms with van der Waals surface area (Å²) in [6.45, 7) is 3.36. The van der Waals surface area contributed by atoms with Crippen LogP contribution in [-0.4, -0.2) is 13.4 Å². The lowest BCUT2D eigenvalue weighted by molar-refractivity contribution is 0.602. The van der Waals surface area contributed by atoms with Gasteiger partial charge in [-0.05, 0) is 47.5 Å². The number of thiazole rings is 1. The largest absolute Gasteiger partial charge is 0.279 e. The Bertz CT molecular complexity index is 728. The Morgan fingerprint density at radius 2 is 2.05 bits per heavy atom. The number of nitrogens with zero attached hydrogens (tertiary/aromatic N) is 1. The average Bonchev–Trinajstić information content (AvgIpc) is 2.73. The van der Waals surface area contributed by atoms with Gasteiger partial charge in [0.15, 0.2) is 4.21 Å². The molecule has 0 saturated heterocycles. The predicted molar refractivity (Wildman–Crippen MR) is 76.5 cm³/mol. The van der Waals surface area contributed by atoms with Gasteiger partial charge in [-0.25, -0.2) is 17.8 Å². The fourth-order valence-corrected chi connectivity index (χ4v) is 3.99. The van der Waals surface area contributed by atoms with Crippen LogP contribution in [0.15, 0.2) is 27.0 Å². The second kappa shape index (κ2) is 5.18. The minimum Gasteiger partial charge on any atom is -0.279 e. The van der Waals surface area contributed by atoms with Crippen molar-refractivity contribution in [3.63, 3.8) is 0 Å². The maximum Gasteiger partial charge on any atom is 0.273 e. The molecule has 2 rings (SSSR count). The number of nitrogens with one attached hydrogen (secondary N) is 1. The highest BCUT2D eigenvalue weighted by Gasteiger charge is 2.18. The third-order valence-corrected chi connectivity index (χ3v) is 5.72. The van der Waals surface area contributed by atoms with Gasteiger partial charge in [0.25, 0.3) is 10.0 Å². The van der Waals surface area contributed by atoms with Crippen molar-refractivity contribution in [1.29, 1.82) is 0 Å². The van der Waals surface area contributed by atoms with Crippen molar-refractivity contribution in [2.24, 2.45) is 0 Å². The van der Waals surface area contributed by atoms with Crippen LogP contribution >= 0.6 is 27.3 Å². The van der Waals surface area contributed by atoms with Crippen LogP contribution < -0.4 is 4.72 Å². The molecule has 1 aromatic heterocycles. The number of hydrogen-bond donors (Lipinski definition) is 1. The lowest BCUT2D eigenvalue weighted by atomic mass is 10.2. The molecule has 0 atom stereocenters. The summed E-state index contributed by atoms with van der Waals surface area (Å²) < 4.78 is 40.3. The average molecular weight is 365 g/mol. The molecule has 102 valence electrons. The summed E-state index contributed by atoms with van der Waals surface area (Å²) in [4.78, 5) is 3.91. The van der Waals surface area contributed by atoms with E-state index in [-0.39, 0.29) is 8.68 Å². The lowest BCUT2D eigenvalue weighted by Crippen LogP contribution is -2.12. The van der Waals surface area contributed by atoms with Crippen LogP contribution in [-0.2, 0) is 10.0 Å². The van der Waals surface area contributed by atoms with Gasteiger partial charge >= 0.3 is 0 Å². The van der Waals surface area contributed by atoms with Crippen molar-refractivity contribution < 1.29 is 12.8 Å². The first-order chi connectivity index (χ1) is 8.79. The van der Waals surface area contributed by atoms with Crippen molar-refractivity contribution >= 4 is 43.0 Å². The molecule has 0 saturated carbocycles. The van der Waals surface area contributed by atoms with E-state index >= 15 is 0 Å². The smallest absolute Gasteiger partial charge is 0.273 e. The summed E-state index contributed by atoms with van der Waals surface area (Å²) in [7, 11) is -3.68. The lowest BCUT2D eigenvalue weighted by Gasteiger charge is -2.10. The van der Waals surface area contributed by atoms with Crippen molar-refractivity contribution in [2.75, 3.05) is 4.72 Å². The molecule has 0 fully saturated rings. The quantitative estimate of drug-likeness (QED) is 0.906. The van der Waals surface area contributed by atoms with Gasteiger partial charge in [0.2, 0.25) is 0 Å². The van der Waals surface area contributed by atoms with E-state index in [0.29, 0.717) is 16.3 Å². The summed E-state index contributed by atoms with van der Waals surface area (Å²) >= 11 is 4.11. The first-order valence-electron chi connectivity index (χ1n) is 5.20. The fraction of sp³-hybridized carbons (Fsp3) is 0.182. The molecular formula is C11H10BrFN2O2S2. The molecule has 1 heterocycles. The molecular weight excluding hydrogens is 355 g/mol. The molecule has 2 aromatic rings. The van der Waals surface area contributed by atoms with Gasteiger partial charge in [-0.1, -0.05) is 0 Å². The molecule has 0 bridgehead atoms. The molecule has 0 spiro atoms. The number of aromatic nitrogens is 1. The molecule has 8 heteroatoms. The highest BCUT2D eigenvalue weighted by Crippen LogP contribution is 2.27. The predicted octanol–water partition coefficient (Wildman–Crippen LogP) is 3.46. The summed E-state index contributed by atoms with van der Waals surface area (Å²) in [5, 5.41) is 0.664. The molecule has 1 N–H and O–H groups in total. The first-order valence-corrected chi connectivity index (χ1v) is 8.30.